The minimum absolute atomic E-state index is 0.115. The first-order valence-corrected chi connectivity index (χ1v) is 8.06. The molecule has 0 aliphatic carbocycles. The second kappa shape index (κ2) is 6.16. The van der Waals surface area contributed by atoms with Crippen LogP contribution in [-0.2, 0) is 4.79 Å². The van der Waals surface area contributed by atoms with E-state index >= 15 is 0 Å². The monoisotopic (exact) mass is 287 g/mol. The van der Waals surface area contributed by atoms with Crippen molar-refractivity contribution in [2.24, 2.45) is 0 Å². The van der Waals surface area contributed by atoms with Gasteiger partial charge >= 0.3 is 0 Å². The summed E-state index contributed by atoms with van der Waals surface area (Å²) in [6.45, 7) is 7.55. The van der Waals surface area contributed by atoms with Gasteiger partial charge in [-0.05, 0) is 38.4 Å². The standard InChI is InChI=1S/C17H25N3O/c1-3-19-11-7-10-15(12-19)20-13(2)18-16(17(20)21)14-8-5-4-6-9-14/h4-6,8-9,13,15-16,18H,3,7,10-12H2,1-2H3. The SMILES string of the molecule is CCN1CCCC(N2C(=O)C(c3ccccc3)NC2C)C1. The summed E-state index contributed by atoms with van der Waals surface area (Å²) in [7, 11) is 0. The summed E-state index contributed by atoms with van der Waals surface area (Å²) in [5, 5.41) is 3.46. The van der Waals surface area contributed by atoms with E-state index in [-0.39, 0.29) is 18.1 Å². The molecule has 3 rings (SSSR count). The summed E-state index contributed by atoms with van der Waals surface area (Å²) in [6.07, 6.45) is 2.42. The van der Waals surface area contributed by atoms with Crippen LogP contribution in [0, 0.1) is 0 Å². The Bertz CT molecular complexity index is 490. The number of carbonyl (C=O) groups excluding carboxylic acids is 1. The van der Waals surface area contributed by atoms with Crippen LogP contribution in [0.5, 0.6) is 0 Å². The van der Waals surface area contributed by atoms with E-state index < -0.39 is 0 Å². The lowest BCUT2D eigenvalue weighted by atomic mass is 10.0. The van der Waals surface area contributed by atoms with Crippen LogP contribution in [0.4, 0.5) is 0 Å². The van der Waals surface area contributed by atoms with Gasteiger partial charge in [0.25, 0.3) is 0 Å². The largest absolute Gasteiger partial charge is 0.322 e. The van der Waals surface area contributed by atoms with Gasteiger partial charge in [0.1, 0.15) is 6.04 Å². The molecular formula is C17H25N3O. The fourth-order valence-electron chi connectivity index (χ4n) is 3.66. The summed E-state index contributed by atoms with van der Waals surface area (Å²) in [6, 6.07) is 10.2. The summed E-state index contributed by atoms with van der Waals surface area (Å²) < 4.78 is 0. The fraction of sp³-hybridized carbons (Fsp3) is 0.588. The number of nitrogens with zero attached hydrogens (tertiary/aromatic N) is 2. The van der Waals surface area contributed by atoms with Crippen molar-refractivity contribution in [1.82, 2.24) is 15.1 Å². The predicted molar refractivity (Wildman–Crippen MR) is 83.8 cm³/mol. The van der Waals surface area contributed by atoms with Gasteiger partial charge in [-0.25, -0.2) is 0 Å². The Morgan fingerprint density at radius 1 is 1.29 bits per heavy atom. The van der Waals surface area contributed by atoms with E-state index in [4.69, 9.17) is 0 Å². The number of rotatable bonds is 3. The van der Waals surface area contributed by atoms with Crippen molar-refractivity contribution in [2.75, 3.05) is 19.6 Å². The Kier molecular flexibility index (Phi) is 4.27. The van der Waals surface area contributed by atoms with Crippen LogP contribution in [0.1, 0.15) is 38.3 Å². The minimum Gasteiger partial charge on any atom is -0.322 e. The lowest BCUT2D eigenvalue weighted by Crippen LogP contribution is -2.51. The zero-order valence-electron chi connectivity index (χ0n) is 13.0. The first kappa shape index (κ1) is 14.5. The highest BCUT2D eigenvalue weighted by molar-refractivity contribution is 5.86. The van der Waals surface area contributed by atoms with Crippen molar-refractivity contribution in [1.29, 1.82) is 0 Å². The van der Waals surface area contributed by atoms with Crippen molar-refractivity contribution in [3.63, 3.8) is 0 Å². The molecule has 0 aromatic heterocycles. The van der Waals surface area contributed by atoms with Crippen molar-refractivity contribution in [2.45, 2.75) is 44.9 Å². The summed E-state index contributed by atoms with van der Waals surface area (Å²) in [5.41, 5.74) is 1.07. The zero-order valence-corrected chi connectivity index (χ0v) is 13.0. The van der Waals surface area contributed by atoms with E-state index in [1.54, 1.807) is 0 Å². The van der Waals surface area contributed by atoms with Gasteiger partial charge in [-0.2, -0.15) is 0 Å². The quantitative estimate of drug-likeness (QED) is 0.923. The Labute approximate surface area is 127 Å². The van der Waals surface area contributed by atoms with Crippen LogP contribution >= 0.6 is 0 Å². The van der Waals surface area contributed by atoms with E-state index in [9.17, 15) is 4.79 Å². The number of hydrogen-bond acceptors (Lipinski definition) is 3. The second-order valence-electron chi connectivity index (χ2n) is 6.12. The Hall–Kier alpha value is -1.39. The summed E-state index contributed by atoms with van der Waals surface area (Å²) in [4.78, 5) is 17.4. The van der Waals surface area contributed by atoms with Crippen molar-refractivity contribution >= 4 is 5.91 Å². The average molecular weight is 287 g/mol. The maximum atomic E-state index is 12.9. The van der Waals surface area contributed by atoms with Gasteiger partial charge in [-0.15, -0.1) is 0 Å². The van der Waals surface area contributed by atoms with Gasteiger partial charge in [-0.1, -0.05) is 37.3 Å². The highest BCUT2D eigenvalue weighted by atomic mass is 16.2. The molecule has 3 atom stereocenters. The molecule has 0 saturated carbocycles. The lowest BCUT2D eigenvalue weighted by molar-refractivity contribution is -0.133. The normalized spacial score (nSPS) is 30.9. The average Bonchev–Trinajstić information content (AvgIpc) is 2.83. The van der Waals surface area contributed by atoms with E-state index in [1.807, 2.05) is 30.3 Å². The van der Waals surface area contributed by atoms with Crippen molar-refractivity contribution in [3.05, 3.63) is 35.9 Å². The molecule has 21 heavy (non-hydrogen) atoms. The molecule has 3 unspecified atom stereocenters. The molecule has 0 bridgehead atoms. The third-order valence-corrected chi connectivity index (χ3v) is 4.78. The number of likely N-dealkylation sites (N-methyl/N-ethyl adjacent to an activating group) is 1. The molecule has 0 radical (unpaired) electrons. The molecule has 2 fully saturated rings. The molecule has 4 heteroatoms. The molecule has 4 nitrogen and oxygen atoms in total. The summed E-state index contributed by atoms with van der Waals surface area (Å²) >= 11 is 0. The maximum absolute atomic E-state index is 12.9. The smallest absolute Gasteiger partial charge is 0.245 e. The molecule has 1 N–H and O–H groups in total. The summed E-state index contributed by atoms with van der Waals surface area (Å²) in [5.74, 6) is 0.233. The van der Waals surface area contributed by atoms with Gasteiger partial charge in [0, 0.05) is 12.6 Å². The zero-order chi connectivity index (χ0) is 14.8. The number of hydrogen-bond donors (Lipinski definition) is 1. The molecule has 0 spiro atoms. The van der Waals surface area contributed by atoms with Gasteiger partial charge < -0.3 is 9.80 Å². The number of carbonyl (C=O) groups is 1. The molecule has 2 heterocycles. The molecule has 1 aromatic carbocycles. The van der Waals surface area contributed by atoms with E-state index in [1.165, 1.54) is 13.0 Å². The van der Waals surface area contributed by atoms with Crippen LogP contribution in [0.2, 0.25) is 0 Å². The molecule has 2 aliphatic rings. The van der Waals surface area contributed by atoms with E-state index in [0.29, 0.717) is 6.04 Å². The molecule has 2 aliphatic heterocycles. The number of likely N-dealkylation sites (tertiary alicyclic amines) is 1. The van der Waals surface area contributed by atoms with Gasteiger partial charge in [0.05, 0.1) is 6.17 Å². The third-order valence-electron chi connectivity index (χ3n) is 4.78. The molecular weight excluding hydrogens is 262 g/mol. The molecule has 1 amide bonds. The number of benzene rings is 1. The van der Waals surface area contributed by atoms with Gasteiger partial charge in [0.2, 0.25) is 5.91 Å². The maximum Gasteiger partial charge on any atom is 0.245 e. The minimum atomic E-state index is -0.182. The van der Waals surface area contributed by atoms with Gasteiger partial charge in [-0.3, -0.25) is 10.1 Å². The Balaban J connectivity index is 1.76. The molecule has 2 saturated heterocycles. The number of piperidine rings is 1. The van der Waals surface area contributed by atoms with Crippen LogP contribution in [-0.4, -0.2) is 47.5 Å². The first-order chi connectivity index (χ1) is 10.2. The molecule has 1 aromatic rings. The third kappa shape index (κ3) is 2.83. The van der Waals surface area contributed by atoms with Crippen LogP contribution in [0.15, 0.2) is 30.3 Å². The van der Waals surface area contributed by atoms with Crippen LogP contribution in [0.3, 0.4) is 0 Å². The number of nitrogens with one attached hydrogen (secondary N) is 1. The van der Waals surface area contributed by atoms with E-state index in [2.05, 4.69) is 29.0 Å². The highest BCUT2D eigenvalue weighted by Gasteiger charge is 2.41. The topological polar surface area (TPSA) is 35.6 Å². The second-order valence-corrected chi connectivity index (χ2v) is 6.12. The van der Waals surface area contributed by atoms with Crippen LogP contribution < -0.4 is 5.32 Å². The predicted octanol–water partition coefficient (Wildman–Crippen LogP) is 1.99. The fourth-order valence-corrected chi connectivity index (χ4v) is 3.66. The molecule has 114 valence electrons. The Morgan fingerprint density at radius 2 is 2.05 bits per heavy atom. The van der Waals surface area contributed by atoms with Gasteiger partial charge in [0.15, 0.2) is 0 Å². The lowest BCUT2D eigenvalue weighted by Gasteiger charge is -2.38. The van der Waals surface area contributed by atoms with Crippen molar-refractivity contribution in [3.8, 4) is 0 Å². The highest BCUT2D eigenvalue weighted by Crippen LogP contribution is 2.28. The van der Waals surface area contributed by atoms with Crippen molar-refractivity contribution < 1.29 is 4.79 Å². The number of amides is 1. The van der Waals surface area contributed by atoms with Crippen LogP contribution in [0.25, 0.3) is 0 Å². The Morgan fingerprint density at radius 3 is 2.76 bits per heavy atom. The van der Waals surface area contributed by atoms with E-state index in [0.717, 1.165) is 25.1 Å². The first-order valence-electron chi connectivity index (χ1n) is 8.06.